The van der Waals surface area contributed by atoms with Gasteiger partial charge in [-0.1, -0.05) is 0 Å². The molecule has 0 unspecified atom stereocenters. The summed E-state index contributed by atoms with van der Waals surface area (Å²) in [6.45, 7) is 1.91. The molecule has 0 radical (unpaired) electrons. The monoisotopic (exact) mass is 193 g/mol. The molecule has 0 amide bonds. The quantitative estimate of drug-likeness (QED) is 0.570. The Hall–Kier alpha value is 0.110. The summed E-state index contributed by atoms with van der Waals surface area (Å²) >= 11 is 0. The third-order valence-electron chi connectivity index (χ3n) is 1.54. The van der Waals surface area contributed by atoms with Crippen LogP contribution in [0.1, 0.15) is 12.8 Å². The predicted octanol–water partition coefficient (Wildman–Crippen LogP) is 0.859. The minimum atomic E-state index is 0. The number of Topliss-reactive ketones (excluding diaryl/α,β-unsaturated/α-hetero) is 1. The summed E-state index contributed by atoms with van der Waals surface area (Å²) in [5.74, 6) is 0.420. The highest BCUT2D eigenvalue weighted by molar-refractivity contribution is 8.93. The molecule has 1 heterocycles. The van der Waals surface area contributed by atoms with Crippen molar-refractivity contribution >= 4 is 22.8 Å². The van der Waals surface area contributed by atoms with Crippen molar-refractivity contribution in [3.63, 3.8) is 0 Å². The van der Waals surface area contributed by atoms with E-state index in [4.69, 9.17) is 0 Å². The van der Waals surface area contributed by atoms with Crippen LogP contribution in [0.2, 0.25) is 0 Å². The van der Waals surface area contributed by atoms with Crippen LogP contribution in [0, 0.1) is 0 Å². The molecule has 0 aromatic carbocycles. The Labute approximate surface area is 66.0 Å². The van der Waals surface area contributed by atoms with Crippen LogP contribution in [0.3, 0.4) is 0 Å². The van der Waals surface area contributed by atoms with Crippen molar-refractivity contribution in [1.82, 2.24) is 4.90 Å². The van der Waals surface area contributed by atoms with Crippen LogP contribution in [0.4, 0.5) is 0 Å². The van der Waals surface area contributed by atoms with E-state index < -0.39 is 0 Å². The summed E-state index contributed by atoms with van der Waals surface area (Å²) in [6, 6.07) is 0. The van der Waals surface area contributed by atoms with Crippen LogP contribution >= 0.6 is 17.0 Å². The van der Waals surface area contributed by atoms with E-state index in [1.807, 2.05) is 7.05 Å². The largest absolute Gasteiger partial charge is 0.305 e. The molecule has 2 nitrogen and oxygen atoms in total. The van der Waals surface area contributed by atoms with Crippen LogP contribution in [-0.4, -0.2) is 30.8 Å². The number of carbonyl (C=O) groups excluding carboxylic acids is 1. The van der Waals surface area contributed by atoms with Gasteiger partial charge in [0.05, 0.1) is 0 Å². The van der Waals surface area contributed by atoms with E-state index in [9.17, 15) is 4.79 Å². The van der Waals surface area contributed by atoms with Crippen molar-refractivity contribution in [3.8, 4) is 0 Å². The number of piperidine rings is 1. The number of hydrogen-bond donors (Lipinski definition) is 0. The topological polar surface area (TPSA) is 20.3 Å². The van der Waals surface area contributed by atoms with E-state index in [0.717, 1.165) is 25.9 Å². The zero-order valence-corrected chi connectivity index (χ0v) is 7.31. The van der Waals surface area contributed by atoms with Gasteiger partial charge in [-0.05, 0) is 7.05 Å². The lowest BCUT2D eigenvalue weighted by molar-refractivity contribution is -0.121. The molecular weight excluding hydrogens is 182 g/mol. The summed E-state index contributed by atoms with van der Waals surface area (Å²) < 4.78 is 0. The molecule has 0 saturated carbocycles. The molecule has 1 saturated heterocycles. The number of nitrogens with zero attached hydrogens (tertiary/aromatic N) is 1. The van der Waals surface area contributed by atoms with Crippen molar-refractivity contribution in [3.05, 3.63) is 0 Å². The summed E-state index contributed by atoms with van der Waals surface area (Å²) in [6.07, 6.45) is 1.52. The molecule has 1 fully saturated rings. The van der Waals surface area contributed by atoms with Gasteiger partial charge >= 0.3 is 0 Å². The molecule has 9 heavy (non-hydrogen) atoms. The molecule has 0 bridgehead atoms. The molecule has 3 heteroatoms. The Morgan fingerprint density at radius 1 is 1.33 bits per heavy atom. The average molecular weight is 194 g/mol. The zero-order valence-electron chi connectivity index (χ0n) is 5.59. The predicted molar refractivity (Wildman–Crippen MR) is 42.1 cm³/mol. The minimum absolute atomic E-state index is 0. The summed E-state index contributed by atoms with van der Waals surface area (Å²) in [4.78, 5) is 12.8. The second-order valence-corrected chi connectivity index (χ2v) is 2.34. The fourth-order valence-corrected chi connectivity index (χ4v) is 0.868. The van der Waals surface area contributed by atoms with Crippen LogP contribution < -0.4 is 0 Å². The second-order valence-electron chi connectivity index (χ2n) is 2.34. The molecule has 0 aromatic heterocycles. The van der Waals surface area contributed by atoms with Crippen molar-refractivity contribution in [2.75, 3.05) is 20.1 Å². The fraction of sp³-hybridized carbons (Fsp3) is 0.833. The maximum Gasteiger partial charge on any atom is 0.135 e. The standard InChI is InChI=1S/C6H11NO.BrH/c1-7-4-2-6(8)3-5-7;/h2-5H2,1H3;1H. The van der Waals surface area contributed by atoms with Crippen molar-refractivity contribution in [1.29, 1.82) is 0 Å². The second kappa shape index (κ2) is 4.01. The van der Waals surface area contributed by atoms with Crippen molar-refractivity contribution in [2.24, 2.45) is 0 Å². The van der Waals surface area contributed by atoms with Gasteiger partial charge in [-0.3, -0.25) is 4.79 Å². The molecule has 1 aliphatic heterocycles. The number of likely N-dealkylation sites (tertiary alicyclic amines) is 1. The maximum atomic E-state index is 10.6. The lowest BCUT2D eigenvalue weighted by atomic mass is 10.1. The fourth-order valence-electron chi connectivity index (χ4n) is 0.868. The number of halogens is 1. The first-order valence-corrected chi connectivity index (χ1v) is 2.99. The van der Waals surface area contributed by atoms with E-state index in [1.54, 1.807) is 0 Å². The zero-order chi connectivity index (χ0) is 5.98. The molecule has 1 rings (SSSR count). The number of ketones is 1. The Morgan fingerprint density at radius 2 is 1.78 bits per heavy atom. The first kappa shape index (κ1) is 9.11. The van der Waals surface area contributed by atoms with Gasteiger partial charge in [0.25, 0.3) is 0 Å². The van der Waals surface area contributed by atoms with E-state index in [-0.39, 0.29) is 17.0 Å². The highest BCUT2D eigenvalue weighted by Gasteiger charge is 2.10. The van der Waals surface area contributed by atoms with Crippen molar-refractivity contribution < 1.29 is 4.79 Å². The van der Waals surface area contributed by atoms with Crippen LogP contribution in [-0.2, 0) is 4.79 Å². The average Bonchev–Trinajstić information content (AvgIpc) is 1.77. The summed E-state index contributed by atoms with van der Waals surface area (Å²) in [5.41, 5.74) is 0. The SMILES string of the molecule is Br.CN1CCC(=O)CC1. The smallest absolute Gasteiger partial charge is 0.135 e. The highest BCUT2D eigenvalue weighted by Crippen LogP contribution is 2.01. The van der Waals surface area contributed by atoms with E-state index >= 15 is 0 Å². The van der Waals surface area contributed by atoms with Gasteiger partial charge in [-0.25, -0.2) is 0 Å². The minimum Gasteiger partial charge on any atom is -0.305 e. The lowest BCUT2D eigenvalue weighted by Crippen LogP contribution is -2.29. The van der Waals surface area contributed by atoms with Gasteiger partial charge in [0.15, 0.2) is 0 Å². The van der Waals surface area contributed by atoms with Crippen molar-refractivity contribution in [2.45, 2.75) is 12.8 Å². The lowest BCUT2D eigenvalue weighted by Gasteiger charge is -2.19. The van der Waals surface area contributed by atoms with E-state index in [0.29, 0.717) is 5.78 Å². The van der Waals surface area contributed by atoms with Gasteiger partial charge in [0, 0.05) is 25.9 Å². The molecule has 0 atom stereocenters. The maximum absolute atomic E-state index is 10.6. The third-order valence-corrected chi connectivity index (χ3v) is 1.54. The summed E-state index contributed by atoms with van der Waals surface area (Å²) in [7, 11) is 2.05. The first-order valence-electron chi connectivity index (χ1n) is 2.99. The molecule has 54 valence electrons. The van der Waals surface area contributed by atoms with Gasteiger partial charge < -0.3 is 4.90 Å². The van der Waals surface area contributed by atoms with Gasteiger partial charge in [0.1, 0.15) is 5.78 Å². The van der Waals surface area contributed by atoms with E-state index in [2.05, 4.69) is 4.90 Å². The number of hydrogen-bond acceptors (Lipinski definition) is 2. The molecule has 1 aliphatic rings. The van der Waals surface area contributed by atoms with Gasteiger partial charge in [-0.2, -0.15) is 0 Å². The Kier molecular flexibility index (Phi) is 4.06. The Balaban J connectivity index is 0.000000640. The molecule has 0 aliphatic carbocycles. The Morgan fingerprint density at radius 3 is 2.11 bits per heavy atom. The third kappa shape index (κ3) is 2.96. The molecule has 0 spiro atoms. The molecule has 0 aromatic rings. The molecule has 0 N–H and O–H groups in total. The molecular formula is C6H12BrNO. The van der Waals surface area contributed by atoms with Crippen LogP contribution in [0.25, 0.3) is 0 Å². The number of carbonyl (C=O) groups is 1. The normalized spacial score (nSPS) is 21.2. The van der Waals surface area contributed by atoms with Crippen LogP contribution in [0.5, 0.6) is 0 Å². The van der Waals surface area contributed by atoms with Gasteiger partial charge in [0.2, 0.25) is 0 Å². The van der Waals surface area contributed by atoms with Gasteiger partial charge in [-0.15, -0.1) is 17.0 Å². The van der Waals surface area contributed by atoms with E-state index in [1.165, 1.54) is 0 Å². The summed E-state index contributed by atoms with van der Waals surface area (Å²) in [5, 5.41) is 0. The number of rotatable bonds is 0. The first-order chi connectivity index (χ1) is 3.79. The van der Waals surface area contributed by atoms with Crippen LogP contribution in [0.15, 0.2) is 0 Å². The highest BCUT2D eigenvalue weighted by atomic mass is 79.9. The Bertz CT molecular complexity index is 95.2.